The van der Waals surface area contributed by atoms with Crippen molar-refractivity contribution < 1.29 is 18.7 Å². The summed E-state index contributed by atoms with van der Waals surface area (Å²) in [5.41, 5.74) is -0.381. The summed E-state index contributed by atoms with van der Waals surface area (Å²) in [5, 5.41) is 11.8. The van der Waals surface area contributed by atoms with Gasteiger partial charge in [0.15, 0.2) is 11.6 Å². The van der Waals surface area contributed by atoms with Crippen molar-refractivity contribution >= 4 is 17.5 Å². The van der Waals surface area contributed by atoms with Gasteiger partial charge in [-0.15, -0.1) is 6.58 Å². The van der Waals surface area contributed by atoms with Gasteiger partial charge in [0.05, 0.1) is 16.6 Å². The Morgan fingerprint density at radius 3 is 2.26 bits per heavy atom. The van der Waals surface area contributed by atoms with Gasteiger partial charge in [-0.05, 0) is 26.2 Å². The number of rotatable bonds is 4. The molecule has 0 radical (unpaired) electrons. The highest BCUT2D eigenvalue weighted by atomic mass is 35.5. The summed E-state index contributed by atoms with van der Waals surface area (Å²) in [4.78, 5) is 12.1. The Hall–Kier alpha value is -1.62. The summed E-state index contributed by atoms with van der Waals surface area (Å²) < 4.78 is 28.1. The normalized spacial score (nSPS) is 14.3. The highest BCUT2D eigenvalue weighted by Gasteiger charge is 2.29. The smallest absolute Gasteiger partial charge is 0.223 e. The molecule has 2 rings (SSSR count). The second-order valence-corrected chi connectivity index (χ2v) is 6.89. The van der Waals surface area contributed by atoms with Gasteiger partial charge in [-0.25, -0.2) is 8.78 Å². The number of benzene rings is 1. The van der Waals surface area contributed by atoms with Crippen LogP contribution in [0.4, 0.5) is 8.78 Å². The second kappa shape index (κ2) is 13.5. The first-order valence-corrected chi connectivity index (χ1v) is 9.90. The lowest BCUT2D eigenvalue weighted by Gasteiger charge is -2.21. The van der Waals surface area contributed by atoms with Crippen molar-refractivity contribution in [2.75, 3.05) is 0 Å². The van der Waals surface area contributed by atoms with Crippen LogP contribution in [-0.2, 0) is 4.79 Å². The lowest BCUT2D eigenvalue weighted by molar-refractivity contribution is -0.125. The predicted molar refractivity (Wildman–Crippen MR) is 108 cm³/mol. The maximum Gasteiger partial charge on any atom is 0.223 e. The summed E-state index contributed by atoms with van der Waals surface area (Å²) in [6.45, 7) is 11.2. The van der Waals surface area contributed by atoms with E-state index >= 15 is 0 Å². The maximum absolute atomic E-state index is 14.1. The Bertz CT molecular complexity index is 576. The van der Waals surface area contributed by atoms with Crippen LogP contribution in [0.15, 0.2) is 18.7 Å². The van der Waals surface area contributed by atoms with E-state index in [-0.39, 0.29) is 22.4 Å². The molecule has 6 heteroatoms. The van der Waals surface area contributed by atoms with Crippen molar-refractivity contribution in [3.63, 3.8) is 0 Å². The number of hydrogen-bond donors (Lipinski definition) is 2. The zero-order valence-corrected chi connectivity index (χ0v) is 17.5. The van der Waals surface area contributed by atoms with E-state index < -0.39 is 23.4 Å². The molecule has 27 heavy (non-hydrogen) atoms. The average molecular weight is 404 g/mol. The summed E-state index contributed by atoms with van der Waals surface area (Å²) in [6.07, 6.45) is 6.89. The topological polar surface area (TPSA) is 49.3 Å². The van der Waals surface area contributed by atoms with E-state index in [0.717, 1.165) is 31.7 Å². The molecule has 1 aromatic carbocycles. The molecule has 0 heterocycles. The minimum absolute atomic E-state index is 0.0991. The number of carbonyl (C=O) groups is 1. The summed E-state index contributed by atoms with van der Waals surface area (Å²) >= 11 is 5.64. The van der Waals surface area contributed by atoms with E-state index in [1.165, 1.54) is 6.42 Å². The molecule has 0 bridgehead atoms. The molecule has 0 saturated heterocycles. The van der Waals surface area contributed by atoms with Crippen molar-refractivity contribution in [3.05, 3.63) is 40.9 Å². The number of carbonyl (C=O) groups excluding carboxylic acids is 1. The first kappa shape index (κ1) is 25.4. The van der Waals surface area contributed by atoms with Crippen molar-refractivity contribution in [2.24, 2.45) is 5.92 Å². The van der Waals surface area contributed by atoms with Gasteiger partial charge in [0.1, 0.15) is 5.82 Å². The van der Waals surface area contributed by atoms with E-state index in [9.17, 15) is 18.7 Å². The third-order valence-corrected chi connectivity index (χ3v) is 4.25. The summed E-state index contributed by atoms with van der Waals surface area (Å²) in [6, 6.07) is -0.0241. The number of phenols is 1. The third kappa shape index (κ3) is 7.87. The van der Waals surface area contributed by atoms with E-state index in [0.29, 0.717) is 6.42 Å². The molecule has 3 nitrogen and oxygen atoms in total. The number of halogens is 3. The standard InChI is InChI=1S/C15H18ClF2NO2.C3H8.C3H6/c1-2-10(19-15(21)8-5-3-4-6-8)12-13(17)9(16)7-11(20)14(12)18;2*1-3-2/h7-8,10,20H,2-6H2,1H3,(H,19,21);3H2,1-2H3;3H,1H2,2H3. The van der Waals surface area contributed by atoms with Crippen LogP contribution >= 0.6 is 11.6 Å². The molecule has 1 saturated carbocycles. The Morgan fingerprint density at radius 1 is 1.33 bits per heavy atom. The van der Waals surface area contributed by atoms with Crippen LogP contribution in [0, 0.1) is 17.6 Å². The van der Waals surface area contributed by atoms with Gasteiger partial charge in [0, 0.05) is 12.0 Å². The number of allylic oxidation sites excluding steroid dienone is 1. The number of hydrogen-bond acceptors (Lipinski definition) is 2. The minimum atomic E-state index is -1.07. The van der Waals surface area contributed by atoms with Crippen molar-refractivity contribution in [1.29, 1.82) is 0 Å². The molecule has 0 aliphatic heterocycles. The quantitative estimate of drug-likeness (QED) is 0.434. The lowest BCUT2D eigenvalue weighted by Crippen LogP contribution is -2.33. The van der Waals surface area contributed by atoms with Crippen LogP contribution < -0.4 is 5.32 Å². The van der Waals surface area contributed by atoms with Crippen LogP contribution in [0.3, 0.4) is 0 Å². The monoisotopic (exact) mass is 403 g/mol. The molecule has 1 aromatic rings. The zero-order valence-electron chi connectivity index (χ0n) is 16.7. The fourth-order valence-electron chi connectivity index (χ4n) is 2.77. The van der Waals surface area contributed by atoms with Gasteiger partial charge in [0.25, 0.3) is 0 Å². The number of phenolic OH excluding ortho intramolecular Hbond substituents is 1. The summed E-state index contributed by atoms with van der Waals surface area (Å²) in [5.74, 6) is -3.03. The van der Waals surface area contributed by atoms with Gasteiger partial charge < -0.3 is 10.4 Å². The predicted octanol–water partition coefficient (Wildman–Crippen LogP) is 6.69. The summed E-state index contributed by atoms with van der Waals surface area (Å²) in [7, 11) is 0. The van der Waals surface area contributed by atoms with Crippen LogP contribution in [0.25, 0.3) is 0 Å². The molecule has 1 unspecified atom stereocenters. The third-order valence-electron chi connectivity index (χ3n) is 3.97. The fourth-order valence-corrected chi connectivity index (χ4v) is 2.98. The zero-order chi connectivity index (χ0) is 21.0. The molecule has 0 spiro atoms. The van der Waals surface area contributed by atoms with Gasteiger partial charge in [-0.2, -0.15) is 0 Å². The highest BCUT2D eigenvalue weighted by Crippen LogP contribution is 2.34. The second-order valence-electron chi connectivity index (χ2n) is 6.49. The van der Waals surface area contributed by atoms with E-state index in [1.54, 1.807) is 13.0 Å². The Balaban J connectivity index is 0.000000997. The van der Waals surface area contributed by atoms with Gasteiger partial charge in [-0.1, -0.05) is 57.7 Å². The van der Waals surface area contributed by atoms with Crippen molar-refractivity contribution in [3.8, 4) is 5.75 Å². The average Bonchev–Trinajstić information content (AvgIpc) is 3.15. The van der Waals surface area contributed by atoms with Gasteiger partial charge in [0.2, 0.25) is 5.91 Å². The molecular formula is C21H32ClF2NO2. The lowest BCUT2D eigenvalue weighted by atomic mass is 10.0. The van der Waals surface area contributed by atoms with E-state index in [2.05, 4.69) is 25.7 Å². The molecule has 0 aromatic heterocycles. The molecule has 1 aliphatic carbocycles. The number of amides is 1. The Kier molecular flexibility index (Phi) is 12.7. The number of aromatic hydroxyl groups is 1. The number of nitrogens with one attached hydrogen (secondary N) is 1. The van der Waals surface area contributed by atoms with Crippen LogP contribution in [0.1, 0.15) is 77.8 Å². The van der Waals surface area contributed by atoms with Crippen molar-refractivity contribution in [2.45, 2.75) is 72.3 Å². The highest BCUT2D eigenvalue weighted by molar-refractivity contribution is 6.31. The van der Waals surface area contributed by atoms with Crippen LogP contribution in [0.5, 0.6) is 5.75 Å². The minimum Gasteiger partial charge on any atom is -0.505 e. The van der Waals surface area contributed by atoms with E-state index in [1.807, 2.05) is 6.92 Å². The van der Waals surface area contributed by atoms with E-state index in [4.69, 9.17) is 11.6 Å². The Morgan fingerprint density at radius 2 is 1.81 bits per heavy atom. The molecule has 154 valence electrons. The van der Waals surface area contributed by atoms with Gasteiger partial charge in [-0.3, -0.25) is 4.79 Å². The molecule has 1 aliphatic rings. The van der Waals surface area contributed by atoms with Crippen LogP contribution in [-0.4, -0.2) is 11.0 Å². The molecular weight excluding hydrogens is 372 g/mol. The molecule has 2 N–H and O–H groups in total. The SMILES string of the molecule is C=CC.CCC.CCC(NC(=O)C1CCCC1)c1c(F)c(O)cc(Cl)c1F. The maximum atomic E-state index is 14.1. The van der Waals surface area contributed by atoms with Crippen LogP contribution in [0.2, 0.25) is 5.02 Å². The molecule has 1 fully saturated rings. The Labute approximate surface area is 166 Å². The van der Waals surface area contributed by atoms with Gasteiger partial charge >= 0.3 is 0 Å². The first-order valence-electron chi connectivity index (χ1n) is 9.52. The first-order chi connectivity index (χ1) is 12.8. The van der Waals surface area contributed by atoms with Crippen molar-refractivity contribution in [1.82, 2.24) is 5.32 Å². The molecule has 1 amide bonds. The fraction of sp³-hybridized carbons (Fsp3) is 0.571. The molecule has 1 atom stereocenters. The largest absolute Gasteiger partial charge is 0.505 e.